The smallest absolute Gasteiger partial charge is 0.335 e. The fraction of sp³-hybridized carbons (Fsp3) is 0.400. The Morgan fingerprint density at radius 1 is 1.25 bits per heavy atom. The van der Waals surface area contributed by atoms with Crippen molar-refractivity contribution in [2.45, 2.75) is 25.4 Å². The van der Waals surface area contributed by atoms with Crippen molar-refractivity contribution in [1.29, 1.82) is 0 Å². The number of piperidine rings is 1. The first-order valence-corrected chi connectivity index (χ1v) is 9.09. The van der Waals surface area contributed by atoms with E-state index in [4.69, 9.17) is 5.11 Å². The molecule has 0 spiro atoms. The maximum absolute atomic E-state index is 13.2. The van der Waals surface area contributed by atoms with Gasteiger partial charge in [-0.15, -0.1) is 0 Å². The number of hydrogen-bond acceptors (Lipinski definition) is 4. The summed E-state index contributed by atoms with van der Waals surface area (Å²) in [5.41, 5.74) is 1.90. The van der Waals surface area contributed by atoms with Gasteiger partial charge in [-0.3, -0.25) is 14.3 Å². The number of carboxylic acid groups (broad SMARTS) is 1. The number of benzene rings is 1. The van der Waals surface area contributed by atoms with Crippen LogP contribution in [-0.4, -0.2) is 56.6 Å². The van der Waals surface area contributed by atoms with E-state index in [9.17, 15) is 14.4 Å². The summed E-state index contributed by atoms with van der Waals surface area (Å²) in [6.07, 6.45) is 4.37. The standard InChI is InChI=1S/C20H24N4O4/c1-22(11-13-4-6-14(7-5-13)20(27)28)19(26)16-8-9-17(25)24(3)18(16)15-10-21-23(2)12-15/h4-7,10,12,16,18H,8-9,11H2,1-3H3,(H,27,28)/t16-,18-/m1/s1. The van der Waals surface area contributed by atoms with E-state index in [0.717, 1.165) is 11.1 Å². The predicted molar refractivity (Wildman–Crippen MR) is 101 cm³/mol. The molecule has 8 nitrogen and oxygen atoms in total. The first-order chi connectivity index (χ1) is 13.3. The van der Waals surface area contributed by atoms with Crippen LogP contribution in [0, 0.1) is 5.92 Å². The second-order valence-corrected chi connectivity index (χ2v) is 7.24. The van der Waals surface area contributed by atoms with Crippen LogP contribution < -0.4 is 0 Å². The monoisotopic (exact) mass is 384 g/mol. The summed E-state index contributed by atoms with van der Waals surface area (Å²) >= 11 is 0. The topological polar surface area (TPSA) is 95.7 Å². The van der Waals surface area contributed by atoms with Crippen LogP contribution in [0.3, 0.4) is 0 Å². The van der Waals surface area contributed by atoms with Gasteiger partial charge in [0.15, 0.2) is 0 Å². The molecule has 2 atom stereocenters. The Kier molecular flexibility index (Phi) is 5.48. The molecule has 8 heteroatoms. The molecular weight excluding hydrogens is 360 g/mol. The Balaban J connectivity index is 1.78. The molecular formula is C20H24N4O4. The quantitative estimate of drug-likeness (QED) is 0.846. The van der Waals surface area contributed by atoms with Crippen LogP contribution in [0.2, 0.25) is 0 Å². The summed E-state index contributed by atoms with van der Waals surface area (Å²) in [6, 6.07) is 6.13. The van der Waals surface area contributed by atoms with Crippen LogP contribution in [0.5, 0.6) is 0 Å². The van der Waals surface area contributed by atoms with Gasteiger partial charge in [-0.1, -0.05) is 12.1 Å². The number of aryl methyl sites for hydroxylation is 1. The van der Waals surface area contributed by atoms with Gasteiger partial charge in [-0.2, -0.15) is 5.10 Å². The van der Waals surface area contributed by atoms with Gasteiger partial charge in [-0.05, 0) is 24.1 Å². The van der Waals surface area contributed by atoms with Crippen molar-refractivity contribution in [3.05, 3.63) is 53.3 Å². The normalized spacial score (nSPS) is 19.5. The summed E-state index contributed by atoms with van der Waals surface area (Å²) in [6.45, 7) is 0.368. The Bertz CT molecular complexity index is 890. The van der Waals surface area contributed by atoms with Gasteiger partial charge >= 0.3 is 5.97 Å². The van der Waals surface area contributed by atoms with Crippen molar-refractivity contribution in [3.63, 3.8) is 0 Å². The number of rotatable bonds is 5. The fourth-order valence-electron chi connectivity index (χ4n) is 3.73. The zero-order chi connectivity index (χ0) is 20.4. The van der Waals surface area contributed by atoms with Gasteiger partial charge in [0.2, 0.25) is 11.8 Å². The molecule has 0 aliphatic carbocycles. The van der Waals surface area contributed by atoms with Crippen LogP contribution in [0.4, 0.5) is 0 Å². The van der Waals surface area contributed by atoms with Gasteiger partial charge in [-0.25, -0.2) is 4.79 Å². The van der Waals surface area contributed by atoms with Crippen LogP contribution in [0.25, 0.3) is 0 Å². The van der Waals surface area contributed by atoms with Gasteiger partial charge in [0.05, 0.1) is 23.7 Å². The highest BCUT2D eigenvalue weighted by Gasteiger charge is 2.40. The molecule has 0 saturated carbocycles. The Labute approximate surface area is 163 Å². The Hall–Kier alpha value is -3.16. The Morgan fingerprint density at radius 2 is 1.93 bits per heavy atom. The molecule has 1 aliphatic heterocycles. The van der Waals surface area contributed by atoms with E-state index in [1.54, 1.807) is 54.0 Å². The van der Waals surface area contributed by atoms with E-state index in [2.05, 4.69) is 5.10 Å². The zero-order valence-corrected chi connectivity index (χ0v) is 16.2. The van der Waals surface area contributed by atoms with Crippen molar-refractivity contribution >= 4 is 17.8 Å². The van der Waals surface area contributed by atoms with Crippen molar-refractivity contribution in [3.8, 4) is 0 Å². The first-order valence-electron chi connectivity index (χ1n) is 9.09. The number of aromatic carboxylic acids is 1. The number of aromatic nitrogens is 2. The molecule has 3 rings (SSSR count). The average molecular weight is 384 g/mol. The third-order valence-electron chi connectivity index (χ3n) is 5.24. The van der Waals surface area contributed by atoms with Gasteiger partial charge in [0.1, 0.15) is 0 Å². The molecule has 1 aromatic heterocycles. The van der Waals surface area contributed by atoms with E-state index in [1.807, 2.05) is 6.20 Å². The summed E-state index contributed by atoms with van der Waals surface area (Å²) in [5.74, 6) is -1.36. The fourth-order valence-corrected chi connectivity index (χ4v) is 3.73. The lowest BCUT2D eigenvalue weighted by Crippen LogP contribution is -2.46. The number of likely N-dealkylation sites (tertiary alicyclic amines) is 1. The Morgan fingerprint density at radius 3 is 2.50 bits per heavy atom. The van der Waals surface area contributed by atoms with Gasteiger partial charge < -0.3 is 14.9 Å². The average Bonchev–Trinajstić information content (AvgIpc) is 3.09. The second kappa shape index (κ2) is 7.84. The van der Waals surface area contributed by atoms with Crippen molar-refractivity contribution < 1.29 is 19.5 Å². The molecule has 2 amide bonds. The van der Waals surface area contributed by atoms with Crippen LogP contribution in [-0.2, 0) is 23.2 Å². The largest absolute Gasteiger partial charge is 0.478 e. The number of carbonyl (C=O) groups excluding carboxylic acids is 2. The second-order valence-electron chi connectivity index (χ2n) is 7.24. The number of amides is 2. The molecule has 148 valence electrons. The van der Waals surface area contributed by atoms with E-state index >= 15 is 0 Å². The van der Waals surface area contributed by atoms with E-state index in [-0.39, 0.29) is 29.3 Å². The maximum atomic E-state index is 13.2. The molecule has 0 unspecified atom stereocenters. The van der Waals surface area contributed by atoms with Crippen LogP contribution >= 0.6 is 0 Å². The molecule has 1 saturated heterocycles. The third kappa shape index (κ3) is 3.90. The lowest BCUT2D eigenvalue weighted by atomic mass is 9.84. The minimum atomic E-state index is -0.981. The van der Waals surface area contributed by atoms with Crippen LogP contribution in [0.1, 0.15) is 40.4 Å². The molecule has 1 N–H and O–H groups in total. The molecule has 0 radical (unpaired) electrons. The minimum Gasteiger partial charge on any atom is -0.478 e. The summed E-state index contributed by atoms with van der Waals surface area (Å²) in [7, 11) is 5.26. The lowest BCUT2D eigenvalue weighted by molar-refractivity contribution is -0.146. The highest BCUT2D eigenvalue weighted by Crippen LogP contribution is 2.36. The number of carboxylic acids is 1. The lowest BCUT2D eigenvalue weighted by Gasteiger charge is -2.39. The molecule has 2 aromatic rings. The minimum absolute atomic E-state index is 0.0183. The number of carbonyl (C=O) groups is 3. The van der Waals surface area contributed by atoms with Crippen molar-refractivity contribution in [1.82, 2.24) is 19.6 Å². The van der Waals surface area contributed by atoms with E-state index in [1.165, 1.54) is 12.1 Å². The summed E-state index contributed by atoms with van der Waals surface area (Å²) < 4.78 is 1.66. The summed E-state index contributed by atoms with van der Waals surface area (Å²) in [4.78, 5) is 39.7. The SMILES string of the molecule is CN(Cc1ccc(C(=O)O)cc1)C(=O)[C@@H]1CCC(=O)N(C)[C@@H]1c1cnn(C)c1. The summed E-state index contributed by atoms with van der Waals surface area (Å²) in [5, 5.41) is 13.2. The third-order valence-corrected chi connectivity index (χ3v) is 5.24. The first kappa shape index (κ1) is 19.6. The van der Waals surface area contributed by atoms with Crippen molar-refractivity contribution in [2.24, 2.45) is 13.0 Å². The van der Waals surface area contributed by atoms with Gasteiger partial charge in [0, 0.05) is 45.9 Å². The number of hydrogen-bond donors (Lipinski definition) is 1. The maximum Gasteiger partial charge on any atom is 0.335 e. The van der Waals surface area contributed by atoms with Gasteiger partial charge in [0.25, 0.3) is 0 Å². The molecule has 1 aromatic carbocycles. The van der Waals surface area contributed by atoms with E-state index < -0.39 is 5.97 Å². The van der Waals surface area contributed by atoms with Crippen LogP contribution in [0.15, 0.2) is 36.7 Å². The molecule has 2 heterocycles. The molecule has 28 heavy (non-hydrogen) atoms. The zero-order valence-electron chi connectivity index (χ0n) is 16.2. The van der Waals surface area contributed by atoms with E-state index in [0.29, 0.717) is 19.4 Å². The molecule has 1 aliphatic rings. The van der Waals surface area contributed by atoms with Crippen molar-refractivity contribution in [2.75, 3.05) is 14.1 Å². The predicted octanol–water partition coefficient (Wildman–Crippen LogP) is 1.69. The highest BCUT2D eigenvalue weighted by molar-refractivity contribution is 5.87. The number of nitrogens with zero attached hydrogens (tertiary/aromatic N) is 4. The molecule has 1 fully saturated rings. The highest BCUT2D eigenvalue weighted by atomic mass is 16.4. The molecule has 0 bridgehead atoms.